The number of hydrogen-bond acceptors (Lipinski definition) is 10. The van der Waals surface area contributed by atoms with Gasteiger partial charge in [0, 0.05) is 64.0 Å². The van der Waals surface area contributed by atoms with E-state index >= 15 is 0 Å². The molecular weight excluding hydrogens is 799 g/mol. The first-order valence-electron chi connectivity index (χ1n) is 20.6. The van der Waals surface area contributed by atoms with Gasteiger partial charge in [0.2, 0.25) is 29.5 Å². The van der Waals surface area contributed by atoms with Gasteiger partial charge in [-0.05, 0) is 87.4 Å². The number of piperidine rings is 1. The van der Waals surface area contributed by atoms with Gasteiger partial charge in [0.05, 0.1) is 6.10 Å². The summed E-state index contributed by atoms with van der Waals surface area (Å²) >= 11 is 0. The molecule has 0 unspecified atom stereocenters. The maximum absolute atomic E-state index is 14.8. The molecule has 19 heteroatoms. The van der Waals surface area contributed by atoms with Gasteiger partial charge in [-0.1, -0.05) is 6.92 Å². The monoisotopic (exact) mass is 852 g/mol. The van der Waals surface area contributed by atoms with Crippen molar-refractivity contribution in [1.82, 2.24) is 30.7 Å². The van der Waals surface area contributed by atoms with Crippen LogP contribution in [0.1, 0.15) is 58.4 Å². The standard InChI is InChI=1S/C42H54F2N8O9/c1-22-14-34-41(59)61-24(3)35(48-36(54)31(17-25-15-26(43)18-27(44)16-25)47-42(60)46-28-9-11-29(12-10-28)49(4)5)40(58)52-21-30(53)19-33(52)39(57)50-13-7-6-8-32(50)37(55)45-23(2)38(56)51(34)20-22/h9-12,15-16,18,22-24,30-35,53H,6-8,13-14,17,19-21H2,1-5H3,(H,45,55)(H,48,54)(H2,46,47,60)/t22-,23+,24+,30-,31+,32+,33+,34+,35+/m1/s1. The third-order valence-electron chi connectivity index (χ3n) is 11.7. The highest BCUT2D eigenvalue weighted by atomic mass is 19.1. The zero-order valence-corrected chi connectivity index (χ0v) is 34.9. The van der Waals surface area contributed by atoms with E-state index in [-0.39, 0.29) is 50.4 Å². The van der Waals surface area contributed by atoms with Gasteiger partial charge < -0.3 is 50.7 Å². The molecule has 4 aliphatic heterocycles. The molecule has 4 aliphatic rings. The van der Waals surface area contributed by atoms with E-state index in [0.29, 0.717) is 24.6 Å². The number of anilines is 2. The molecule has 17 nitrogen and oxygen atoms in total. The number of fused-ring (bicyclic) bond motifs is 3. The molecule has 0 radical (unpaired) electrons. The largest absolute Gasteiger partial charge is 0.458 e. The predicted octanol–water partition coefficient (Wildman–Crippen LogP) is 1.28. The molecule has 330 valence electrons. The van der Waals surface area contributed by atoms with Gasteiger partial charge in [-0.25, -0.2) is 18.4 Å². The van der Waals surface area contributed by atoms with Crippen molar-refractivity contribution in [3.63, 3.8) is 0 Å². The number of esters is 1. The van der Waals surface area contributed by atoms with Crippen LogP contribution in [-0.4, -0.2) is 144 Å². The predicted molar refractivity (Wildman–Crippen MR) is 217 cm³/mol. The van der Waals surface area contributed by atoms with Gasteiger partial charge in [0.15, 0.2) is 0 Å². The Balaban J connectivity index is 1.35. The van der Waals surface area contributed by atoms with Crippen LogP contribution in [0.25, 0.3) is 0 Å². The molecule has 61 heavy (non-hydrogen) atoms. The minimum atomic E-state index is -1.75. The fourth-order valence-corrected chi connectivity index (χ4v) is 8.57. The molecule has 0 saturated carbocycles. The minimum absolute atomic E-state index is 0.0140. The SMILES string of the molecule is C[C@@H]1C[C@H]2C(=O)O[C@@H](C)[C@H](NC(=O)[C@H](Cc3cc(F)cc(F)c3)NC(=O)Nc3ccc(N(C)C)cc3)C(=O)N3C[C@H](O)C[C@H]3C(=O)N3CCCC[C@H]3C(=O)N[C@@H](C)C(=O)N2C1. The number of carbonyl (C=O) groups excluding carboxylic acids is 7. The van der Waals surface area contributed by atoms with Crippen LogP contribution in [0.15, 0.2) is 42.5 Å². The summed E-state index contributed by atoms with van der Waals surface area (Å²) < 4.78 is 34.6. The van der Waals surface area contributed by atoms with E-state index in [2.05, 4.69) is 21.3 Å². The van der Waals surface area contributed by atoms with Gasteiger partial charge in [-0.15, -0.1) is 0 Å². The third-order valence-corrected chi connectivity index (χ3v) is 11.7. The van der Waals surface area contributed by atoms with E-state index in [1.54, 1.807) is 24.3 Å². The number of amides is 7. The molecule has 6 rings (SSSR count). The number of aliphatic hydroxyl groups excluding tert-OH is 1. The van der Waals surface area contributed by atoms with Crippen molar-refractivity contribution >= 4 is 52.9 Å². The number of aliphatic hydroxyl groups is 1. The van der Waals surface area contributed by atoms with E-state index < -0.39 is 108 Å². The van der Waals surface area contributed by atoms with Crippen molar-refractivity contribution in [3.8, 4) is 0 Å². The highest BCUT2D eigenvalue weighted by molar-refractivity contribution is 5.99. The molecule has 2 aromatic rings. The van der Waals surface area contributed by atoms with Gasteiger partial charge in [-0.2, -0.15) is 0 Å². The Labute approximate surface area is 352 Å². The molecular formula is C42H54F2N8O9. The summed E-state index contributed by atoms with van der Waals surface area (Å²) in [5.41, 5.74) is 1.18. The summed E-state index contributed by atoms with van der Waals surface area (Å²) in [5.74, 6) is -6.59. The zero-order chi connectivity index (χ0) is 44.3. The summed E-state index contributed by atoms with van der Waals surface area (Å²) in [5, 5.41) is 21.3. The number of carbonyl (C=O) groups is 7. The Morgan fingerprint density at radius 3 is 2.21 bits per heavy atom. The van der Waals surface area contributed by atoms with E-state index in [0.717, 1.165) is 22.7 Å². The summed E-state index contributed by atoms with van der Waals surface area (Å²) in [6, 6.07) is 0.702. The first kappa shape index (κ1) is 44.7. The molecule has 4 fully saturated rings. The number of ether oxygens (including phenoxy) is 1. The smallest absolute Gasteiger partial charge is 0.329 e. The lowest BCUT2D eigenvalue weighted by molar-refractivity contribution is -0.163. The van der Waals surface area contributed by atoms with Crippen LogP contribution in [0, 0.1) is 17.6 Å². The van der Waals surface area contributed by atoms with E-state index in [4.69, 9.17) is 4.74 Å². The van der Waals surface area contributed by atoms with E-state index in [1.807, 2.05) is 25.9 Å². The Kier molecular flexibility index (Phi) is 13.8. The number of nitrogens with zero attached hydrogens (tertiary/aromatic N) is 4. The van der Waals surface area contributed by atoms with Crippen molar-refractivity contribution in [2.75, 3.05) is 43.9 Å². The number of halogens is 2. The van der Waals surface area contributed by atoms with Crippen LogP contribution < -0.4 is 26.2 Å². The Morgan fingerprint density at radius 1 is 0.869 bits per heavy atom. The Bertz CT molecular complexity index is 2000. The lowest BCUT2D eigenvalue weighted by atomic mass is 9.98. The van der Waals surface area contributed by atoms with Gasteiger partial charge in [0.25, 0.3) is 0 Å². The minimum Gasteiger partial charge on any atom is -0.458 e. The summed E-state index contributed by atoms with van der Waals surface area (Å²) in [4.78, 5) is 104. The maximum atomic E-state index is 14.8. The Morgan fingerprint density at radius 2 is 1.54 bits per heavy atom. The van der Waals surface area contributed by atoms with Crippen LogP contribution in [-0.2, 0) is 39.9 Å². The van der Waals surface area contributed by atoms with Gasteiger partial charge >= 0.3 is 12.0 Å². The average molecular weight is 853 g/mol. The maximum Gasteiger partial charge on any atom is 0.329 e. The highest BCUT2D eigenvalue weighted by Crippen LogP contribution is 2.29. The number of rotatable bonds is 7. The summed E-state index contributed by atoms with van der Waals surface area (Å²) in [6.07, 6.45) is -1.63. The van der Waals surface area contributed by atoms with Crippen molar-refractivity contribution in [3.05, 3.63) is 59.7 Å². The second-order valence-corrected chi connectivity index (χ2v) is 16.7. The second-order valence-electron chi connectivity index (χ2n) is 16.7. The highest BCUT2D eigenvalue weighted by Gasteiger charge is 2.49. The summed E-state index contributed by atoms with van der Waals surface area (Å²) in [7, 11) is 3.68. The van der Waals surface area contributed by atoms with Crippen molar-refractivity contribution in [2.24, 2.45) is 5.92 Å². The van der Waals surface area contributed by atoms with E-state index in [9.17, 15) is 47.4 Å². The molecule has 4 heterocycles. The number of cyclic esters (lactones) is 1. The van der Waals surface area contributed by atoms with Crippen LogP contribution in [0.5, 0.6) is 0 Å². The van der Waals surface area contributed by atoms with E-state index in [1.165, 1.54) is 23.6 Å². The molecule has 0 spiro atoms. The lowest BCUT2D eigenvalue weighted by Gasteiger charge is -2.39. The lowest BCUT2D eigenvalue weighted by Crippen LogP contribution is -2.63. The number of nitrogens with one attached hydrogen (secondary N) is 4. The number of hydrogen-bond donors (Lipinski definition) is 5. The molecule has 4 saturated heterocycles. The molecule has 5 N–H and O–H groups in total. The molecule has 7 amide bonds. The fourth-order valence-electron chi connectivity index (χ4n) is 8.57. The molecule has 0 bridgehead atoms. The first-order valence-corrected chi connectivity index (χ1v) is 20.6. The topological polar surface area (TPSA) is 210 Å². The van der Waals surface area contributed by atoms with Crippen molar-refractivity contribution in [2.45, 2.75) is 108 Å². The molecule has 0 aromatic heterocycles. The first-order chi connectivity index (χ1) is 28.9. The number of urea groups is 1. The van der Waals surface area contributed by atoms with Crippen LogP contribution in [0.3, 0.4) is 0 Å². The third kappa shape index (κ3) is 10.4. The van der Waals surface area contributed by atoms with Crippen LogP contribution >= 0.6 is 0 Å². The van der Waals surface area contributed by atoms with Crippen molar-refractivity contribution < 1.29 is 52.2 Å². The molecule has 9 atom stereocenters. The van der Waals surface area contributed by atoms with Gasteiger partial charge in [0.1, 0.15) is 54.0 Å². The molecule has 2 aromatic carbocycles. The van der Waals surface area contributed by atoms with Crippen LogP contribution in [0.2, 0.25) is 0 Å². The van der Waals surface area contributed by atoms with Gasteiger partial charge in [-0.3, -0.25) is 24.0 Å². The Hall–Kier alpha value is -5.85. The second kappa shape index (κ2) is 18.8. The average Bonchev–Trinajstić information content (AvgIpc) is 3.80. The van der Waals surface area contributed by atoms with Crippen molar-refractivity contribution in [1.29, 1.82) is 0 Å². The zero-order valence-electron chi connectivity index (χ0n) is 34.9. The fraction of sp³-hybridized carbons (Fsp3) is 0.548. The quantitative estimate of drug-likeness (QED) is 0.252. The summed E-state index contributed by atoms with van der Waals surface area (Å²) in [6.45, 7) is 4.68. The normalized spacial score (nSPS) is 27.9. The number of benzene rings is 2. The molecule has 0 aliphatic carbocycles. The van der Waals surface area contributed by atoms with Crippen LogP contribution in [0.4, 0.5) is 25.0 Å².